The minimum Gasteiger partial charge on any atom is -0.329 e. The smallest absolute Gasteiger partial charge is 0.324 e. The molecule has 4 rings (SSSR count). The number of hydrogen-bond acceptors (Lipinski definition) is 5. The number of aromatic nitrogens is 3. The Morgan fingerprint density at radius 3 is 2.48 bits per heavy atom. The maximum atomic E-state index is 11.7. The number of thioether (sulfide) groups is 1. The number of urea groups is 1. The van der Waals surface area contributed by atoms with Gasteiger partial charge >= 0.3 is 6.03 Å². The average molecular weight is 407 g/mol. The molecule has 1 fully saturated rings. The van der Waals surface area contributed by atoms with Crippen LogP contribution in [0.5, 0.6) is 0 Å². The number of rotatable bonds is 7. The van der Waals surface area contributed by atoms with Crippen molar-refractivity contribution in [1.82, 2.24) is 25.0 Å². The fraction of sp³-hybridized carbons (Fsp3) is 0.238. The van der Waals surface area contributed by atoms with Gasteiger partial charge in [0.1, 0.15) is 0 Å². The minimum absolute atomic E-state index is 0.0914. The van der Waals surface area contributed by atoms with Gasteiger partial charge in [0.2, 0.25) is 5.91 Å². The summed E-state index contributed by atoms with van der Waals surface area (Å²) < 4.78 is 2.05. The van der Waals surface area contributed by atoms with Crippen LogP contribution in [0.15, 0.2) is 59.8 Å². The zero-order valence-electron chi connectivity index (χ0n) is 16.0. The van der Waals surface area contributed by atoms with Gasteiger partial charge in [-0.25, -0.2) is 4.79 Å². The molecule has 0 spiro atoms. The predicted molar refractivity (Wildman–Crippen MR) is 112 cm³/mol. The van der Waals surface area contributed by atoms with Gasteiger partial charge in [0.25, 0.3) is 0 Å². The summed E-state index contributed by atoms with van der Waals surface area (Å²) in [5.41, 5.74) is 3.17. The molecule has 0 atom stereocenters. The molecule has 0 unspecified atom stereocenters. The van der Waals surface area contributed by atoms with Crippen molar-refractivity contribution in [2.75, 3.05) is 18.8 Å². The molecule has 1 saturated heterocycles. The zero-order chi connectivity index (χ0) is 20.2. The van der Waals surface area contributed by atoms with Crippen LogP contribution in [0.4, 0.5) is 4.79 Å². The second-order valence-electron chi connectivity index (χ2n) is 6.75. The molecule has 148 valence electrons. The number of imide groups is 1. The minimum atomic E-state index is -0.311. The molecule has 0 radical (unpaired) electrons. The monoisotopic (exact) mass is 407 g/mol. The van der Waals surface area contributed by atoms with Crippen LogP contribution >= 0.6 is 11.8 Å². The molecule has 3 amide bonds. The van der Waals surface area contributed by atoms with Gasteiger partial charge in [-0.1, -0.05) is 59.8 Å². The van der Waals surface area contributed by atoms with Crippen molar-refractivity contribution in [3.8, 4) is 17.1 Å². The van der Waals surface area contributed by atoms with E-state index in [9.17, 15) is 9.59 Å². The fourth-order valence-corrected chi connectivity index (χ4v) is 4.01. The van der Waals surface area contributed by atoms with Gasteiger partial charge in [0.05, 0.1) is 6.54 Å². The highest BCUT2D eigenvalue weighted by molar-refractivity contribution is 7.99. The van der Waals surface area contributed by atoms with E-state index in [2.05, 4.69) is 46.7 Å². The molecule has 1 N–H and O–H groups in total. The topological polar surface area (TPSA) is 80.1 Å². The van der Waals surface area contributed by atoms with Gasteiger partial charge in [-0.3, -0.25) is 14.3 Å². The first-order chi connectivity index (χ1) is 14.1. The molecule has 1 aromatic heterocycles. The number of nitrogens with zero attached hydrogens (tertiary/aromatic N) is 4. The zero-order valence-corrected chi connectivity index (χ0v) is 16.9. The molecule has 29 heavy (non-hydrogen) atoms. The van der Waals surface area contributed by atoms with Crippen molar-refractivity contribution in [3.63, 3.8) is 0 Å². The van der Waals surface area contributed by atoms with Crippen LogP contribution in [0.3, 0.4) is 0 Å². The predicted octanol–water partition coefficient (Wildman–Crippen LogP) is 3.28. The first-order valence-electron chi connectivity index (χ1n) is 9.42. The lowest BCUT2D eigenvalue weighted by Crippen LogP contribution is -2.32. The van der Waals surface area contributed by atoms with Crippen LogP contribution in [-0.4, -0.2) is 50.4 Å². The van der Waals surface area contributed by atoms with Crippen molar-refractivity contribution in [3.05, 3.63) is 60.2 Å². The molecule has 3 aromatic rings. The lowest BCUT2D eigenvalue weighted by atomic mass is 10.2. The third-order valence-electron chi connectivity index (χ3n) is 4.65. The van der Waals surface area contributed by atoms with Gasteiger partial charge < -0.3 is 5.32 Å². The second-order valence-corrected chi connectivity index (χ2v) is 7.81. The van der Waals surface area contributed by atoms with Gasteiger partial charge in [-0.15, -0.1) is 10.2 Å². The van der Waals surface area contributed by atoms with Gasteiger partial charge in [0, 0.05) is 23.5 Å². The highest BCUT2D eigenvalue weighted by Crippen LogP contribution is 2.28. The Bertz CT molecular complexity index is 1000. The Morgan fingerprint density at radius 2 is 1.79 bits per heavy atom. The quantitative estimate of drug-likeness (QED) is 0.369. The van der Waals surface area contributed by atoms with Crippen LogP contribution in [0, 0.1) is 6.92 Å². The number of nitrogens with one attached hydrogen (secondary N) is 1. The SMILES string of the molecule is Cc1ccc(-n2c(SCCCN3C(=O)CNC3=O)nnc2-c2ccccc2)cc1. The van der Waals surface area contributed by atoms with E-state index in [-0.39, 0.29) is 18.5 Å². The molecule has 0 aliphatic carbocycles. The van der Waals surface area contributed by atoms with E-state index in [0.717, 1.165) is 28.0 Å². The first kappa shape index (κ1) is 19.2. The Balaban J connectivity index is 1.53. The average Bonchev–Trinajstić information content (AvgIpc) is 3.30. The summed E-state index contributed by atoms with van der Waals surface area (Å²) >= 11 is 1.57. The highest BCUT2D eigenvalue weighted by atomic mass is 32.2. The number of benzene rings is 2. The van der Waals surface area contributed by atoms with Crippen molar-refractivity contribution >= 4 is 23.7 Å². The van der Waals surface area contributed by atoms with Crippen LogP contribution in [0.25, 0.3) is 17.1 Å². The third-order valence-corrected chi connectivity index (χ3v) is 5.67. The van der Waals surface area contributed by atoms with E-state index in [0.29, 0.717) is 13.0 Å². The summed E-state index contributed by atoms with van der Waals surface area (Å²) in [7, 11) is 0. The van der Waals surface area contributed by atoms with Crippen LogP contribution in [-0.2, 0) is 4.79 Å². The number of carbonyl (C=O) groups excluding carboxylic acids is 2. The van der Waals surface area contributed by atoms with Crippen molar-refractivity contribution in [2.45, 2.75) is 18.5 Å². The highest BCUT2D eigenvalue weighted by Gasteiger charge is 2.27. The van der Waals surface area contributed by atoms with Gasteiger partial charge in [-0.2, -0.15) is 0 Å². The summed E-state index contributed by atoms with van der Waals surface area (Å²) in [4.78, 5) is 24.6. The lowest BCUT2D eigenvalue weighted by molar-refractivity contribution is -0.124. The maximum Gasteiger partial charge on any atom is 0.324 e. The van der Waals surface area contributed by atoms with Gasteiger partial charge in [-0.05, 0) is 25.5 Å². The fourth-order valence-electron chi connectivity index (χ4n) is 3.13. The molecule has 1 aliphatic heterocycles. The number of hydrogen-bond donors (Lipinski definition) is 1. The molecule has 8 heteroatoms. The largest absolute Gasteiger partial charge is 0.329 e. The molecule has 0 bridgehead atoms. The van der Waals surface area contributed by atoms with Crippen LogP contribution in [0.2, 0.25) is 0 Å². The lowest BCUT2D eigenvalue weighted by Gasteiger charge is -2.13. The normalized spacial score (nSPS) is 13.8. The van der Waals surface area contributed by atoms with E-state index in [1.165, 1.54) is 10.5 Å². The Labute approximate surface area is 173 Å². The molecule has 0 saturated carbocycles. The molecule has 2 aromatic carbocycles. The second kappa shape index (κ2) is 8.48. The molecule has 7 nitrogen and oxygen atoms in total. The Kier molecular flexibility index (Phi) is 5.62. The number of carbonyl (C=O) groups is 2. The Morgan fingerprint density at radius 1 is 1.03 bits per heavy atom. The summed E-state index contributed by atoms with van der Waals surface area (Å²) in [6.45, 7) is 2.55. The number of amides is 3. The van der Waals surface area contributed by atoms with Crippen molar-refractivity contribution in [2.24, 2.45) is 0 Å². The molecular weight excluding hydrogens is 386 g/mol. The van der Waals surface area contributed by atoms with E-state index < -0.39 is 0 Å². The van der Waals surface area contributed by atoms with Crippen LogP contribution in [0.1, 0.15) is 12.0 Å². The van der Waals surface area contributed by atoms with E-state index in [1.54, 1.807) is 11.8 Å². The maximum absolute atomic E-state index is 11.7. The van der Waals surface area contributed by atoms with E-state index >= 15 is 0 Å². The summed E-state index contributed by atoms with van der Waals surface area (Å²) in [5, 5.41) is 12.2. The standard InChI is InChI=1S/C21H21N5O2S/c1-15-8-10-17(11-9-15)26-19(16-6-3-2-4-7-16)23-24-21(26)29-13-5-12-25-18(27)14-22-20(25)28/h2-4,6-11H,5,12-14H2,1H3,(H,22,28). The van der Waals surface area contributed by atoms with E-state index in [1.807, 2.05) is 34.9 Å². The third kappa shape index (κ3) is 4.17. The molecule has 1 aliphatic rings. The van der Waals surface area contributed by atoms with E-state index in [4.69, 9.17) is 0 Å². The molecule has 2 heterocycles. The summed E-state index contributed by atoms with van der Waals surface area (Å²) in [6, 6.07) is 17.9. The first-order valence-corrected chi connectivity index (χ1v) is 10.4. The van der Waals surface area contributed by atoms with Crippen LogP contribution < -0.4 is 5.32 Å². The summed E-state index contributed by atoms with van der Waals surface area (Å²) in [6.07, 6.45) is 0.686. The summed E-state index contributed by atoms with van der Waals surface area (Å²) in [5.74, 6) is 1.33. The van der Waals surface area contributed by atoms with Crippen molar-refractivity contribution in [1.29, 1.82) is 0 Å². The molecular formula is C21H21N5O2S. The van der Waals surface area contributed by atoms with Crippen molar-refractivity contribution < 1.29 is 9.59 Å². The number of aryl methyl sites for hydroxylation is 1. The Hall–Kier alpha value is -3.13. The van der Waals surface area contributed by atoms with Gasteiger partial charge in [0.15, 0.2) is 11.0 Å².